The fourth-order valence-corrected chi connectivity index (χ4v) is 3.93. The first-order chi connectivity index (χ1) is 14.0. The molecule has 1 aromatic carbocycles. The van der Waals surface area contributed by atoms with E-state index in [1.54, 1.807) is 4.68 Å². The number of carbonyl (C=O) groups excluding carboxylic acids is 1. The molecule has 1 aliphatic rings. The van der Waals surface area contributed by atoms with Crippen LogP contribution in [0.3, 0.4) is 0 Å². The number of nitrogens with one attached hydrogen (secondary N) is 1. The van der Waals surface area contributed by atoms with E-state index in [4.69, 9.17) is 0 Å². The van der Waals surface area contributed by atoms with Crippen LogP contribution in [0, 0.1) is 11.8 Å². The van der Waals surface area contributed by atoms with Gasteiger partial charge in [0.1, 0.15) is 5.69 Å². The second-order valence-electron chi connectivity index (χ2n) is 8.26. The number of aryl methyl sites for hydroxylation is 1. The number of carbonyl (C=O) groups is 1. The van der Waals surface area contributed by atoms with Crippen molar-refractivity contribution in [1.29, 1.82) is 0 Å². The van der Waals surface area contributed by atoms with Crippen LogP contribution in [-0.2, 0) is 11.8 Å². The summed E-state index contributed by atoms with van der Waals surface area (Å²) in [6.45, 7) is 7.34. The molecular weight excluding hydrogens is 366 g/mol. The number of hydrogen-bond donors (Lipinski definition) is 1. The van der Waals surface area contributed by atoms with Crippen molar-refractivity contribution in [3.05, 3.63) is 30.5 Å². The number of rotatable bonds is 5. The highest BCUT2D eigenvalue weighted by Gasteiger charge is 2.26. The summed E-state index contributed by atoms with van der Waals surface area (Å²) in [7, 11) is 1.84. The van der Waals surface area contributed by atoms with Crippen LogP contribution in [-0.4, -0.2) is 55.6 Å². The summed E-state index contributed by atoms with van der Waals surface area (Å²) in [4.78, 5) is 15.2. The maximum Gasteiger partial charge on any atom is 0.229 e. The molecule has 0 bridgehead atoms. The van der Waals surface area contributed by atoms with Crippen LogP contribution in [0.2, 0.25) is 0 Å². The number of anilines is 1. The Labute approximate surface area is 170 Å². The quantitative estimate of drug-likeness (QED) is 0.717. The van der Waals surface area contributed by atoms with Crippen molar-refractivity contribution < 1.29 is 4.79 Å². The molecule has 4 rings (SSSR count). The van der Waals surface area contributed by atoms with Gasteiger partial charge in [-0.3, -0.25) is 9.48 Å². The van der Waals surface area contributed by atoms with Gasteiger partial charge in [-0.25, -0.2) is 0 Å². The van der Waals surface area contributed by atoms with Crippen molar-refractivity contribution in [2.75, 3.05) is 25.0 Å². The van der Waals surface area contributed by atoms with Gasteiger partial charge in [0, 0.05) is 31.1 Å². The molecule has 3 aromatic rings. The van der Waals surface area contributed by atoms with Gasteiger partial charge in [-0.15, -0.1) is 15.3 Å². The molecule has 0 spiro atoms. The zero-order chi connectivity index (χ0) is 20.4. The third-order valence-corrected chi connectivity index (χ3v) is 5.23. The van der Waals surface area contributed by atoms with E-state index < -0.39 is 0 Å². The SMILES string of the molecule is CC(C)CN1CCCC(C(=O)Nc2cc3cc(-c4cn(C)nn4)ccc3nn2)C1. The molecule has 1 fully saturated rings. The highest BCUT2D eigenvalue weighted by Crippen LogP contribution is 2.24. The summed E-state index contributed by atoms with van der Waals surface area (Å²) in [6, 6.07) is 7.72. The molecule has 1 aliphatic heterocycles. The van der Waals surface area contributed by atoms with Gasteiger partial charge in [0.25, 0.3) is 0 Å². The lowest BCUT2D eigenvalue weighted by Crippen LogP contribution is -2.42. The number of likely N-dealkylation sites (tertiary alicyclic amines) is 1. The molecule has 152 valence electrons. The highest BCUT2D eigenvalue weighted by atomic mass is 16.2. The van der Waals surface area contributed by atoms with E-state index in [1.807, 2.05) is 37.5 Å². The van der Waals surface area contributed by atoms with Gasteiger partial charge in [0.2, 0.25) is 5.91 Å². The number of amides is 1. The average molecular weight is 393 g/mol. The van der Waals surface area contributed by atoms with Crippen molar-refractivity contribution in [1.82, 2.24) is 30.1 Å². The molecule has 1 saturated heterocycles. The minimum Gasteiger partial charge on any atom is -0.309 e. The molecule has 8 heteroatoms. The molecule has 3 heterocycles. The minimum atomic E-state index is -0.00840. The first kappa shape index (κ1) is 19.4. The normalized spacial score (nSPS) is 17.7. The van der Waals surface area contributed by atoms with Crippen LogP contribution < -0.4 is 5.32 Å². The summed E-state index contributed by atoms with van der Waals surface area (Å²) >= 11 is 0. The van der Waals surface area contributed by atoms with Gasteiger partial charge in [-0.1, -0.05) is 25.1 Å². The Morgan fingerprint density at radius 2 is 2.10 bits per heavy atom. The van der Waals surface area contributed by atoms with E-state index in [2.05, 4.69) is 44.6 Å². The van der Waals surface area contributed by atoms with Crippen molar-refractivity contribution in [2.45, 2.75) is 26.7 Å². The molecule has 2 aromatic heterocycles. The van der Waals surface area contributed by atoms with Crippen LogP contribution in [0.5, 0.6) is 0 Å². The van der Waals surface area contributed by atoms with Gasteiger partial charge < -0.3 is 10.2 Å². The molecule has 0 radical (unpaired) electrons. The summed E-state index contributed by atoms with van der Waals surface area (Å²) < 4.78 is 1.67. The van der Waals surface area contributed by atoms with E-state index in [1.165, 1.54) is 0 Å². The predicted octanol–water partition coefficient (Wildman–Crippen LogP) is 2.73. The number of benzene rings is 1. The van der Waals surface area contributed by atoms with E-state index in [0.717, 1.165) is 54.6 Å². The average Bonchev–Trinajstić information content (AvgIpc) is 3.13. The zero-order valence-electron chi connectivity index (χ0n) is 17.2. The Kier molecular flexibility index (Phi) is 5.53. The third-order valence-electron chi connectivity index (χ3n) is 5.23. The van der Waals surface area contributed by atoms with Gasteiger partial charge in [0.05, 0.1) is 17.6 Å². The van der Waals surface area contributed by atoms with Crippen LogP contribution in [0.1, 0.15) is 26.7 Å². The smallest absolute Gasteiger partial charge is 0.229 e. The fraction of sp³-hybridized carbons (Fsp3) is 0.476. The van der Waals surface area contributed by atoms with Gasteiger partial charge >= 0.3 is 0 Å². The molecule has 0 saturated carbocycles. The van der Waals surface area contributed by atoms with Crippen molar-refractivity contribution in [3.63, 3.8) is 0 Å². The topological polar surface area (TPSA) is 88.8 Å². The molecule has 29 heavy (non-hydrogen) atoms. The zero-order valence-corrected chi connectivity index (χ0v) is 17.2. The van der Waals surface area contributed by atoms with Gasteiger partial charge in [0.15, 0.2) is 5.82 Å². The second-order valence-corrected chi connectivity index (χ2v) is 8.26. The molecule has 1 atom stereocenters. The van der Waals surface area contributed by atoms with Crippen molar-refractivity contribution >= 4 is 22.6 Å². The summed E-state index contributed by atoms with van der Waals surface area (Å²) in [5.74, 6) is 1.11. The molecule has 1 unspecified atom stereocenters. The Balaban J connectivity index is 1.49. The Bertz CT molecular complexity index is 1010. The number of nitrogens with zero attached hydrogens (tertiary/aromatic N) is 6. The first-order valence-electron chi connectivity index (χ1n) is 10.2. The van der Waals surface area contributed by atoms with E-state index in [-0.39, 0.29) is 11.8 Å². The largest absolute Gasteiger partial charge is 0.309 e. The lowest BCUT2D eigenvalue weighted by molar-refractivity contribution is -0.121. The van der Waals surface area contributed by atoms with Crippen LogP contribution >= 0.6 is 0 Å². The Morgan fingerprint density at radius 3 is 2.86 bits per heavy atom. The fourth-order valence-electron chi connectivity index (χ4n) is 3.93. The lowest BCUT2D eigenvalue weighted by Gasteiger charge is -2.32. The summed E-state index contributed by atoms with van der Waals surface area (Å²) in [6.07, 6.45) is 3.83. The van der Waals surface area contributed by atoms with Crippen molar-refractivity contribution in [2.24, 2.45) is 18.9 Å². The van der Waals surface area contributed by atoms with E-state index in [0.29, 0.717) is 11.7 Å². The molecule has 1 N–H and O–H groups in total. The molecule has 8 nitrogen and oxygen atoms in total. The standard InChI is InChI=1S/C21H27N7O/c1-14(2)11-28-8-4-5-16(12-28)21(29)22-20-10-17-9-15(6-7-18(17)23-25-20)19-13-27(3)26-24-19/h6-7,9-10,13-14,16H,4-5,8,11-12H2,1-3H3,(H,22,25,29). The number of fused-ring (bicyclic) bond motifs is 1. The van der Waals surface area contributed by atoms with E-state index >= 15 is 0 Å². The minimum absolute atomic E-state index is 0.00840. The third kappa shape index (κ3) is 4.59. The molecule has 0 aliphatic carbocycles. The van der Waals surface area contributed by atoms with Crippen LogP contribution in [0.25, 0.3) is 22.2 Å². The summed E-state index contributed by atoms with van der Waals surface area (Å²) in [5, 5.41) is 20.5. The molecule has 1 amide bonds. The van der Waals surface area contributed by atoms with Gasteiger partial charge in [-0.2, -0.15) is 0 Å². The number of piperidine rings is 1. The number of aromatic nitrogens is 5. The Hall–Kier alpha value is -2.87. The Morgan fingerprint density at radius 1 is 1.24 bits per heavy atom. The van der Waals surface area contributed by atoms with Crippen LogP contribution in [0.4, 0.5) is 5.82 Å². The number of hydrogen-bond acceptors (Lipinski definition) is 6. The first-order valence-corrected chi connectivity index (χ1v) is 10.2. The monoisotopic (exact) mass is 393 g/mol. The maximum absolute atomic E-state index is 12.8. The van der Waals surface area contributed by atoms with E-state index in [9.17, 15) is 4.79 Å². The lowest BCUT2D eigenvalue weighted by atomic mass is 9.96. The van der Waals surface area contributed by atoms with Gasteiger partial charge in [-0.05, 0) is 43.5 Å². The predicted molar refractivity (Wildman–Crippen MR) is 112 cm³/mol. The second kappa shape index (κ2) is 8.24. The molecular formula is C21H27N7O. The van der Waals surface area contributed by atoms with Crippen LogP contribution in [0.15, 0.2) is 30.5 Å². The maximum atomic E-state index is 12.8. The summed E-state index contributed by atoms with van der Waals surface area (Å²) in [5.41, 5.74) is 2.52. The van der Waals surface area contributed by atoms with Crippen molar-refractivity contribution in [3.8, 4) is 11.3 Å². The highest BCUT2D eigenvalue weighted by molar-refractivity contribution is 5.94.